The van der Waals surface area contributed by atoms with E-state index >= 15 is 0 Å². The van der Waals surface area contributed by atoms with Gasteiger partial charge in [-0.2, -0.15) is 0 Å². The first kappa shape index (κ1) is 18.5. The molecule has 0 aromatic heterocycles. The molecule has 1 fully saturated rings. The molecule has 1 unspecified atom stereocenters. The zero-order chi connectivity index (χ0) is 18.5. The summed E-state index contributed by atoms with van der Waals surface area (Å²) >= 11 is 0. The van der Waals surface area contributed by atoms with Crippen molar-refractivity contribution in [3.05, 3.63) is 53.8 Å². The highest BCUT2D eigenvalue weighted by Crippen LogP contribution is 2.28. The maximum absolute atomic E-state index is 13.1. The molecule has 26 heavy (non-hydrogen) atoms. The van der Waals surface area contributed by atoms with Crippen LogP contribution in [0.15, 0.2) is 42.5 Å². The first-order chi connectivity index (χ1) is 12.6. The molecule has 0 N–H and O–H groups in total. The van der Waals surface area contributed by atoms with Gasteiger partial charge in [0.2, 0.25) is 0 Å². The number of anilines is 1. The Morgan fingerprint density at radius 2 is 1.58 bits per heavy atom. The fourth-order valence-electron chi connectivity index (χ4n) is 3.55. The molecular formula is C21H27FN2O2. The molecule has 2 aromatic carbocycles. The fraction of sp³-hybridized carbons (Fsp3) is 0.429. The van der Waals surface area contributed by atoms with Crippen molar-refractivity contribution in [2.45, 2.75) is 19.4 Å². The van der Waals surface area contributed by atoms with E-state index < -0.39 is 0 Å². The van der Waals surface area contributed by atoms with Crippen molar-refractivity contribution in [1.82, 2.24) is 4.90 Å². The summed E-state index contributed by atoms with van der Waals surface area (Å²) in [6.45, 7) is 6.20. The number of piperazine rings is 1. The molecule has 0 aliphatic carbocycles. The predicted octanol–water partition coefficient (Wildman–Crippen LogP) is 3.60. The lowest BCUT2D eigenvalue weighted by Gasteiger charge is -2.39. The number of rotatable bonds is 6. The lowest BCUT2D eigenvalue weighted by molar-refractivity contribution is 0.196. The molecule has 1 aliphatic heterocycles. The third-order valence-electron chi connectivity index (χ3n) is 5.11. The molecule has 140 valence electrons. The maximum Gasteiger partial charge on any atom is 0.160 e. The monoisotopic (exact) mass is 358 g/mol. The smallest absolute Gasteiger partial charge is 0.160 e. The van der Waals surface area contributed by atoms with Crippen LogP contribution in [0.1, 0.15) is 12.5 Å². The maximum atomic E-state index is 13.1. The van der Waals surface area contributed by atoms with E-state index in [0.717, 1.165) is 49.8 Å². The van der Waals surface area contributed by atoms with Gasteiger partial charge in [-0.25, -0.2) is 4.39 Å². The van der Waals surface area contributed by atoms with Crippen LogP contribution in [0.5, 0.6) is 11.5 Å². The van der Waals surface area contributed by atoms with Crippen LogP contribution in [-0.4, -0.2) is 51.3 Å². The van der Waals surface area contributed by atoms with E-state index in [2.05, 4.69) is 28.9 Å². The number of hydrogen-bond donors (Lipinski definition) is 0. The Morgan fingerprint density at radius 3 is 2.19 bits per heavy atom. The largest absolute Gasteiger partial charge is 0.493 e. The molecular weight excluding hydrogens is 331 g/mol. The molecule has 0 saturated carbocycles. The highest BCUT2D eigenvalue weighted by Gasteiger charge is 2.21. The van der Waals surface area contributed by atoms with Crippen LogP contribution >= 0.6 is 0 Å². The van der Waals surface area contributed by atoms with E-state index in [0.29, 0.717) is 6.04 Å². The van der Waals surface area contributed by atoms with Gasteiger partial charge in [0.25, 0.3) is 0 Å². The summed E-state index contributed by atoms with van der Waals surface area (Å²) in [5.74, 6) is 1.35. The normalized spacial score (nSPS) is 16.4. The standard InChI is InChI=1S/C21H27FN2O2/c1-16(14-17-4-9-20(25-2)21(15-17)26-3)23-10-12-24(13-11-23)19-7-5-18(22)6-8-19/h4-9,15-16H,10-14H2,1-3H3. The Hall–Kier alpha value is -2.27. The van der Waals surface area contributed by atoms with Crippen LogP contribution in [0.25, 0.3) is 0 Å². The van der Waals surface area contributed by atoms with Crippen LogP contribution in [0.2, 0.25) is 0 Å². The topological polar surface area (TPSA) is 24.9 Å². The number of hydrogen-bond acceptors (Lipinski definition) is 4. The number of nitrogens with zero attached hydrogens (tertiary/aromatic N) is 2. The fourth-order valence-corrected chi connectivity index (χ4v) is 3.55. The summed E-state index contributed by atoms with van der Waals surface area (Å²) in [6, 6.07) is 13.4. The number of ether oxygens (including phenoxy) is 2. The summed E-state index contributed by atoms with van der Waals surface area (Å²) in [5.41, 5.74) is 2.34. The van der Waals surface area contributed by atoms with Gasteiger partial charge in [0.15, 0.2) is 11.5 Å². The van der Waals surface area contributed by atoms with Crippen LogP contribution < -0.4 is 14.4 Å². The van der Waals surface area contributed by atoms with Crippen molar-refractivity contribution < 1.29 is 13.9 Å². The summed E-state index contributed by atoms with van der Waals surface area (Å²) in [5, 5.41) is 0. The SMILES string of the molecule is COc1ccc(CC(C)N2CCN(c3ccc(F)cc3)CC2)cc1OC. The quantitative estimate of drug-likeness (QED) is 0.788. The minimum Gasteiger partial charge on any atom is -0.493 e. The Kier molecular flexibility index (Phi) is 5.99. The first-order valence-electron chi connectivity index (χ1n) is 9.06. The van der Waals surface area contributed by atoms with Crippen molar-refractivity contribution in [3.8, 4) is 11.5 Å². The van der Waals surface area contributed by atoms with Gasteiger partial charge in [0, 0.05) is 37.9 Å². The van der Waals surface area contributed by atoms with Crippen LogP contribution in [0.3, 0.4) is 0 Å². The van der Waals surface area contributed by atoms with Crippen LogP contribution in [0.4, 0.5) is 10.1 Å². The number of methoxy groups -OCH3 is 2. The second kappa shape index (κ2) is 8.41. The van der Waals surface area contributed by atoms with E-state index in [1.165, 1.54) is 17.7 Å². The second-order valence-electron chi connectivity index (χ2n) is 6.74. The Bertz CT molecular complexity index is 712. The lowest BCUT2D eigenvalue weighted by Crippen LogP contribution is -2.50. The molecule has 4 nitrogen and oxygen atoms in total. The van der Waals surface area contributed by atoms with E-state index in [-0.39, 0.29) is 5.82 Å². The highest BCUT2D eigenvalue weighted by atomic mass is 19.1. The molecule has 0 amide bonds. The van der Waals surface area contributed by atoms with E-state index in [1.807, 2.05) is 18.2 Å². The number of halogens is 1. The highest BCUT2D eigenvalue weighted by molar-refractivity contribution is 5.46. The average molecular weight is 358 g/mol. The van der Waals surface area contributed by atoms with Crippen molar-refractivity contribution in [2.75, 3.05) is 45.3 Å². The molecule has 5 heteroatoms. The predicted molar refractivity (Wildman–Crippen MR) is 103 cm³/mol. The first-order valence-corrected chi connectivity index (χ1v) is 9.06. The van der Waals surface area contributed by atoms with Gasteiger partial charge in [0.1, 0.15) is 5.82 Å². The lowest BCUT2D eigenvalue weighted by atomic mass is 10.0. The molecule has 1 atom stereocenters. The summed E-state index contributed by atoms with van der Waals surface area (Å²) in [7, 11) is 3.32. The average Bonchev–Trinajstić information content (AvgIpc) is 2.68. The summed E-state index contributed by atoms with van der Waals surface area (Å²) in [6.07, 6.45) is 0.969. The van der Waals surface area contributed by atoms with E-state index in [9.17, 15) is 4.39 Å². The third kappa shape index (κ3) is 4.28. The Balaban J connectivity index is 1.56. The Labute approximate surface area is 155 Å². The molecule has 1 heterocycles. The third-order valence-corrected chi connectivity index (χ3v) is 5.11. The zero-order valence-corrected chi connectivity index (χ0v) is 15.7. The van der Waals surface area contributed by atoms with Gasteiger partial charge in [-0.15, -0.1) is 0 Å². The van der Waals surface area contributed by atoms with Crippen molar-refractivity contribution >= 4 is 5.69 Å². The van der Waals surface area contributed by atoms with Gasteiger partial charge in [-0.05, 0) is 55.3 Å². The second-order valence-corrected chi connectivity index (χ2v) is 6.74. The molecule has 0 radical (unpaired) electrons. The zero-order valence-electron chi connectivity index (χ0n) is 15.7. The molecule has 3 rings (SSSR count). The molecule has 1 aliphatic rings. The van der Waals surface area contributed by atoms with Crippen molar-refractivity contribution in [1.29, 1.82) is 0 Å². The Morgan fingerprint density at radius 1 is 0.923 bits per heavy atom. The minimum absolute atomic E-state index is 0.184. The molecule has 0 bridgehead atoms. The van der Waals surface area contributed by atoms with Crippen LogP contribution in [0, 0.1) is 5.82 Å². The van der Waals surface area contributed by atoms with Crippen LogP contribution in [-0.2, 0) is 6.42 Å². The van der Waals surface area contributed by atoms with Crippen molar-refractivity contribution in [3.63, 3.8) is 0 Å². The minimum atomic E-state index is -0.184. The van der Waals surface area contributed by atoms with Gasteiger partial charge < -0.3 is 14.4 Å². The van der Waals surface area contributed by atoms with Gasteiger partial charge >= 0.3 is 0 Å². The van der Waals surface area contributed by atoms with Gasteiger partial charge in [-0.1, -0.05) is 6.07 Å². The molecule has 1 saturated heterocycles. The molecule has 2 aromatic rings. The van der Waals surface area contributed by atoms with Gasteiger partial charge in [0.05, 0.1) is 14.2 Å². The molecule has 0 spiro atoms. The summed E-state index contributed by atoms with van der Waals surface area (Å²) in [4.78, 5) is 4.83. The van der Waals surface area contributed by atoms with E-state index in [1.54, 1.807) is 14.2 Å². The number of benzene rings is 2. The van der Waals surface area contributed by atoms with E-state index in [4.69, 9.17) is 9.47 Å². The summed E-state index contributed by atoms with van der Waals surface area (Å²) < 4.78 is 23.8. The van der Waals surface area contributed by atoms with Crippen molar-refractivity contribution in [2.24, 2.45) is 0 Å². The van der Waals surface area contributed by atoms with Gasteiger partial charge in [-0.3, -0.25) is 4.90 Å².